The normalized spacial score (nSPS) is 13.8. The van der Waals surface area contributed by atoms with E-state index in [1.807, 2.05) is 0 Å². The van der Waals surface area contributed by atoms with Gasteiger partial charge in [0.1, 0.15) is 12.7 Å². The summed E-state index contributed by atoms with van der Waals surface area (Å²) in [6.45, 7) is 3.42. The Morgan fingerprint density at radius 2 is 1.17 bits per heavy atom. The van der Waals surface area contributed by atoms with Crippen LogP contribution in [0.2, 0.25) is 0 Å². The Morgan fingerprint density at radius 1 is 0.646 bits per heavy atom. The maximum atomic E-state index is 12.0. The molecule has 0 fully saturated rings. The molecule has 2 unspecified atom stereocenters. The maximum Gasteiger partial charge on any atom is 0.472 e. The van der Waals surface area contributed by atoms with Gasteiger partial charge in [-0.2, -0.15) is 0 Å². The summed E-state index contributed by atoms with van der Waals surface area (Å²) in [5, 5.41) is 12.6. The zero-order chi connectivity index (χ0) is 35.4. The molecule has 9 nitrogen and oxygen atoms in total. The molecule has 280 valence electrons. The molecule has 10 heteroatoms. The summed E-state index contributed by atoms with van der Waals surface area (Å²) < 4.78 is 26.7. The maximum absolute atomic E-state index is 12.0. The summed E-state index contributed by atoms with van der Waals surface area (Å²) in [4.78, 5) is 33.7. The Bertz CT molecular complexity index is 892. The number of phosphoric ester groups is 1. The molecule has 0 radical (unpaired) electrons. The van der Waals surface area contributed by atoms with Crippen molar-refractivity contribution in [1.29, 1.82) is 0 Å². The van der Waals surface area contributed by atoms with Crippen molar-refractivity contribution < 1.29 is 37.9 Å². The number of esters is 1. The lowest BCUT2D eigenvalue weighted by Crippen LogP contribution is -2.27. The molecule has 2 atom stereocenters. The quantitative estimate of drug-likeness (QED) is 0.0258. The van der Waals surface area contributed by atoms with E-state index in [1.165, 1.54) is 57.8 Å². The topological polar surface area (TPSA) is 131 Å². The summed E-state index contributed by atoms with van der Waals surface area (Å²) in [6, 6.07) is 0. The number of carbonyl (C=O) groups is 2. The molecule has 0 aliphatic rings. The van der Waals surface area contributed by atoms with Gasteiger partial charge in [-0.05, 0) is 64.2 Å². The fourth-order valence-corrected chi connectivity index (χ4v) is 5.64. The van der Waals surface area contributed by atoms with Crippen LogP contribution in [-0.4, -0.2) is 54.3 Å². The van der Waals surface area contributed by atoms with E-state index in [2.05, 4.69) is 55.6 Å². The van der Waals surface area contributed by atoms with Crippen LogP contribution in [0.15, 0.2) is 36.5 Å². The average Bonchev–Trinajstić information content (AvgIpc) is 3.07. The Kier molecular flexibility index (Phi) is 33.8. The van der Waals surface area contributed by atoms with Gasteiger partial charge in [0, 0.05) is 19.4 Å². The Balaban J connectivity index is 3.63. The van der Waals surface area contributed by atoms with E-state index in [4.69, 9.17) is 13.8 Å². The SMILES string of the molecule is CCC/C=C\CCCCCCCC(=O)OCC(O)COP(=O)(O)OCCNC(=O)CCCCCCCCC/C=C\C/C=C\CCCCC. The number of unbranched alkanes of at least 4 members (excludes halogenated alkanes) is 16. The number of nitrogens with one attached hydrogen (secondary N) is 1. The second-order valence-corrected chi connectivity index (χ2v) is 14.0. The standard InChI is InChI=1S/C38H70NO8P/c1-3-5-7-9-11-13-15-16-17-18-19-20-21-22-24-26-28-30-37(41)39-32-33-46-48(43,44)47-35-36(40)34-45-38(42)31-29-27-25-23-14-12-10-8-6-4-2/h8,10-11,13,16-17,36,40H,3-7,9,12,14-15,18-35H2,1-2H3,(H,39,41)(H,43,44)/b10-8-,13-11-,17-16-. The summed E-state index contributed by atoms with van der Waals surface area (Å²) in [5.41, 5.74) is 0. The molecule has 0 saturated carbocycles. The minimum atomic E-state index is -4.41. The first-order valence-electron chi connectivity index (χ1n) is 19.0. The molecule has 0 spiro atoms. The van der Waals surface area contributed by atoms with Gasteiger partial charge >= 0.3 is 13.8 Å². The van der Waals surface area contributed by atoms with Crippen LogP contribution in [0.25, 0.3) is 0 Å². The third-order valence-electron chi connectivity index (χ3n) is 7.77. The highest BCUT2D eigenvalue weighted by atomic mass is 31.2. The molecule has 0 aliphatic heterocycles. The Morgan fingerprint density at radius 3 is 1.77 bits per heavy atom. The molecule has 48 heavy (non-hydrogen) atoms. The van der Waals surface area contributed by atoms with Gasteiger partial charge in [-0.1, -0.05) is 121 Å². The van der Waals surface area contributed by atoms with Gasteiger partial charge in [0.25, 0.3) is 0 Å². The Hall–Kier alpha value is -1.77. The zero-order valence-corrected chi connectivity index (χ0v) is 31.3. The van der Waals surface area contributed by atoms with Crippen molar-refractivity contribution in [2.45, 2.75) is 168 Å². The molecule has 0 aromatic carbocycles. The van der Waals surface area contributed by atoms with Crippen molar-refractivity contribution >= 4 is 19.7 Å². The molecule has 3 N–H and O–H groups in total. The van der Waals surface area contributed by atoms with Crippen LogP contribution in [0.1, 0.15) is 162 Å². The molecule has 0 rings (SSSR count). The lowest BCUT2D eigenvalue weighted by molar-refractivity contribution is -0.147. The minimum absolute atomic E-state index is 0.0760. The summed E-state index contributed by atoms with van der Waals surface area (Å²) in [7, 11) is -4.41. The third-order valence-corrected chi connectivity index (χ3v) is 8.76. The van der Waals surface area contributed by atoms with Crippen molar-refractivity contribution in [3.8, 4) is 0 Å². The molecule has 0 aromatic heterocycles. The molecular weight excluding hydrogens is 629 g/mol. The van der Waals surface area contributed by atoms with E-state index in [0.717, 1.165) is 77.0 Å². The number of ether oxygens (including phenoxy) is 1. The van der Waals surface area contributed by atoms with E-state index < -0.39 is 26.5 Å². The Labute approximate surface area is 293 Å². The largest absolute Gasteiger partial charge is 0.472 e. The number of hydrogen-bond acceptors (Lipinski definition) is 7. The van der Waals surface area contributed by atoms with Gasteiger partial charge in [0.05, 0.1) is 13.2 Å². The van der Waals surface area contributed by atoms with Crippen molar-refractivity contribution in [3.63, 3.8) is 0 Å². The fraction of sp³-hybridized carbons (Fsp3) is 0.789. The van der Waals surface area contributed by atoms with E-state index in [1.54, 1.807) is 0 Å². The smallest absolute Gasteiger partial charge is 0.463 e. The highest BCUT2D eigenvalue weighted by Gasteiger charge is 2.23. The van der Waals surface area contributed by atoms with Crippen molar-refractivity contribution in [2.75, 3.05) is 26.4 Å². The second kappa shape index (κ2) is 35.1. The van der Waals surface area contributed by atoms with Gasteiger partial charge in [0.15, 0.2) is 0 Å². The predicted molar refractivity (Wildman–Crippen MR) is 197 cm³/mol. The van der Waals surface area contributed by atoms with Crippen molar-refractivity contribution in [3.05, 3.63) is 36.5 Å². The van der Waals surface area contributed by atoms with Gasteiger partial charge < -0.3 is 20.1 Å². The summed E-state index contributed by atoms with van der Waals surface area (Å²) >= 11 is 0. The fourth-order valence-electron chi connectivity index (χ4n) is 4.88. The highest BCUT2D eigenvalue weighted by Crippen LogP contribution is 2.42. The average molecular weight is 700 g/mol. The van der Waals surface area contributed by atoms with Gasteiger partial charge in [0.2, 0.25) is 5.91 Å². The van der Waals surface area contributed by atoms with Crippen LogP contribution >= 0.6 is 7.82 Å². The molecule has 1 amide bonds. The van der Waals surface area contributed by atoms with E-state index in [9.17, 15) is 24.2 Å². The number of aliphatic hydroxyl groups is 1. The van der Waals surface area contributed by atoms with Crippen molar-refractivity contribution in [1.82, 2.24) is 5.32 Å². The minimum Gasteiger partial charge on any atom is -0.463 e. The number of rotatable bonds is 35. The number of hydrogen-bond donors (Lipinski definition) is 3. The molecule has 0 aromatic rings. The lowest BCUT2D eigenvalue weighted by Gasteiger charge is -2.15. The highest BCUT2D eigenvalue weighted by molar-refractivity contribution is 7.47. The predicted octanol–water partition coefficient (Wildman–Crippen LogP) is 9.82. The van der Waals surface area contributed by atoms with Gasteiger partial charge in [-0.25, -0.2) is 4.57 Å². The van der Waals surface area contributed by atoms with Crippen LogP contribution in [-0.2, 0) is 27.9 Å². The van der Waals surface area contributed by atoms with Crippen LogP contribution in [0.4, 0.5) is 0 Å². The van der Waals surface area contributed by atoms with Gasteiger partial charge in [-0.15, -0.1) is 0 Å². The number of aliphatic hydroxyl groups excluding tert-OH is 1. The third kappa shape index (κ3) is 35.5. The molecule has 0 heterocycles. The second-order valence-electron chi connectivity index (χ2n) is 12.5. The molecule has 0 aliphatic carbocycles. The van der Waals surface area contributed by atoms with Crippen LogP contribution in [0.3, 0.4) is 0 Å². The molecular formula is C38H70NO8P. The van der Waals surface area contributed by atoms with E-state index in [-0.39, 0.29) is 32.1 Å². The van der Waals surface area contributed by atoms with Crippen LogP contribution in [0, 0.1) is 0 Å². The number of allylic oxidation sites excluding steroid dienone is 6. The van der Waals surface area contributed by atoms with Crippen LogP contribution in [0.5, 0.6) is 0 Å². The van der Waals surface area contributed by atoms with Gasteiger partial charge in [-0.3, -0.25) is 18.6 Å². The first-order chi connectivity index (χ1) is 23.3. The lowest BCUT2D eigenvalue weighted by atomic mass is 10.1. The molecule has 0 saturated heterocycles. The van der Waals surface area contributed by atoms with E-state index in [0.29, 0.717) is 6.42 Å². The van der Waals surface area contributed by atoms with Crippen molar-refractivity contribution in [2.24, 2.45) is 0 Å². The molecule has 0 bridgehead atoms. The first kappa shape index (κ1) is 46.2. The summed E-state index contributed by atoms with van der Waals surface area (Å²) in [5.74, 6) is -0.538. The monoisotopic (exact) mass is 699 g/mol. The van der Waals surface area contributed by atoms with E-state index >= 15 is 0 Å². The first-order valence-corrected chi connectivity index (χ1v) is 20.5. The number of carbonyl (C=O) groups excluding carboxylic acids is 2. The number of phosphoric acid groups is 1. The van der Waals surface area contributed by atoms with Crippen LogP contribution < -0.4 is 5.32 Å². The number of amides is 1. The summed E-state index contributed by atoms with van der Waals surface area (Å²) in [6.07, 6.45) is 36.5. The zero-order valence-electron chi connectivity index (χ0n) is 30.4.